The first-order valence-electron chi connectivity index (χ1n) is 6.83. The molecule has 0 unspecified atom stereocenters. The first-order chi connectivity index (χ1) is 9.44. The molecule has 0 atom stereocenters. The van der Waals surface area contributed by atoms with Crippen molar-refractivity contribution in [1.82, 2.24) is 10.6 Å². The lowest BCUT2D eigenvalue weighted by Gasteiger charge is -2.12. The van der Waals surface area contributed by atoms with E-state index in [1.54, 1.807) is 0 Å². The van der Waals surface area contributed by atoms with Crippen LogP contribution in [0.15, 0.2) is 65.1 Å². The van der Waals surface area contributed by atoms with E-state index in [-0.39, 0.29) is 0 Å². The van der Waals surface area contributed by atoms with E-state index in [1.807, 2.05) is 52.1 Å². The molecule has 0 saturated heterocycles. The fourth-order valence-corrected chi connectivity index (χ4v) is 1.29. The average molecular weight is 273 g/mol. The molecular weight excluding hydrogens is 246 g/mol. The van der Waals surface area contributed by atoms with Gasteiger partial charge < -0.3 is 10.6 Å². The van der Waals surface area contributed by atoms with Gasteiger partial charge in [0.25, 0.3) is 0 Å². The highest BCUT2D eigenvalue weighted by Gasteiger charge is 2.03. The summed E-state index contributed by atoms with van der Waals surface area (Å²) in [5.74, 6) is 0.778. The molecule has 0 spiro atoms. The second-order valence-electron chi connectivity index (χ2n) is 4.49. The molecule has 0 aliphatic heterocycles. The molecule has 0 saturated carbocycles. The molecular formula is C17H27N3. The molecule has 0 aromatic heterocycles. The molecule has 0 fully saturated rings. The van der Waals surface area contributed by atoms with Crippen LogP contribution < -0.4 is 10.6 Å². The zero-order valence-corrected chi connectivity index (χ0v) is 13.4. The van der Waals surface area contributed by atoms with Gasteiger partial charge in [-0.1, -0.05) is 38.3 Å². The lowest BCUT2D eigenvalue weighted by molar-refractivity contribution is 0.974. The number of amidine groups is 1. The molecule has 0 heterocycles. The topological polar surface area (TPSA) is 36.4 Å². The Balaban J connectivity index is 5.30. The average Bonchev–Trinajstić information content (AvgIpc) is 2.43. The summed E-state index contributed by atoms with van der Waals surface area (Å²) in [5, 5.41) is 6.29. The summed E-state index contributed by atoms with van der Waals surface area (Å²) in [6.07, 6.45) is 8.73. The molecule has 20 heavy (non-hydrogen) atoms. The van der Waals surface area contributed by atoms with Crippen molar-refractivity contribution in [1.29, 1.82) is 0 Å². The fraction of sp³-hybridized carbons (Fsp3) is 0.353. The number of nitrogens with zero attached hydrogens (tertiary/aromatic N) is 1. The van der Waals surface area contributed by atoms with Crippen LogP contribution in [0.3, 0.4) is 0 Å². The van der Waals surface area contributed by atoms with Crippen LogP contribution in [0.5, 0.6) is 0 Å². The van der Waals surface area contributed by atoms with Crippen LogP contribution in [0.1, 0.15) is 34.1 Å². The molecule has 3 nitrogen and oxygen atoms in total. The molecule has 3 heteroatoms. The van der Waals surface area contributed by atoms with E-state index >= 15 is 0 Å². The van der Waals surface area contributed by atoms with Crippen molar-refractivity contribution in [3.63, 3.8) is 0 Å². The van der Waals surface area contributed by atoms with Crippen molar-refractivity contribution >= 4 is 5.84 Å². The van der Waals surface area contributed by atoms with Gasteiger partial charge in [0.2, 0.25) is 0 Å². The summed E-state index contributed by atoms with van der Waals surface area (Å²) in [7, 11) is 1.87. The molecule has 0 aliphatic carbocycles. The van der Waals surface area contributed by atoms with Crippen molar-refractivity contribution in [3.8, 4) is 0 Å². The molecule has 0 aromatic rings. The van der Waals surface area contributed by atoms with E-state index in [4.69, 9.17) is 0 Å². The first kappa shape index (κ1) is 18.0. The smallest absolute Gasteiger partial charge is 0.133 e. The zero-order chi connectivity index (χ0) is 15.5. The van der Waals surface area contributed by atoms with E-state index in [0.29, 0.717) is 5.70 Å². The third-order valence-electron chi connectivity index (χ3n) is 2.67. The zero-order valence-electron chi connectivity index (χ0n) is 13.4. The lowest BCUT2D eigenvalue weighted by atomic mass is 10.2. The second-order valence-corrected chi connectivity index (χ2v) is 4.49. The maximum atomic E-state index is 4.54. The Kier molecular flexibility index (Phi) is 8.84. The molecule has 2 N–H and O–H groups in total. The Morgan fingerprint density at radius 3 is 2.40 bits per heavy atom. The van der Waals surface area contributed by atoms with Crippen molar-refractivity contribution in [3.05, 3.63) is 60.1 Å². The monoisotopic (exact) mass is 273 g/mol. The van der Waals surface area contributed by atoms with Crippen molar-refractivity contribution in [2.24, 2.45) is 4.99 Å². The second kappa shape index (κ2) is 9.84. The van der Waals surface area contributed by atoms with Gasteiger partial charge in [-0.3, -0.25) is 0 Å². The lowest BCUT2D eigenvalue weighted by Crippen LogP contribution is -2.23. The molecule has 0 bridgehead atoms. The van der Waals surface area contributed by atoms with Crippen molar-refractivity contribution in [2.45, 2.75) is 34.1 Å². The van der Waals surface area contributed by atoms with Crippen LogP contribution in [-0.2, 0) is 0 Å². The highest BCUT2D eigenvalue weighted by atomic mass is 15.0. The van der Waals surface area contributed by atoms with Crippen molar-refractivity contribution < 1.29 is 0 Å². The van der Waals surface area contributed by atoms with E-state index in [9.17, 15) is 0 Å². The maximum absolute atomic E-state index is 4.54. The highest BCUT2D eigenvalue weighted by Crippen LogP contribution is 2.06. The van der Waals surface area contributed by atoms with E-state index in [2.05, 4.69) is 35.7 Å². The van der Waals surface area contributed by atoms with Gasteiger partial charge in [0.1, 0.15) is 5.84 Å². The summed E-state index contributed by atoms with van der Waals surface area (Å²) < 4.78 is 0. The van der Waals surface area contributed by atoms with Gasteiger partial charge in [-0.05, 0) is 38.8 Å². The molecule has 0 aliphatic rings. The summed E-state index contributed by atoms with van der Waals surface area (Å²) in [4.78, 5) is 4.54. The van der Waals surface area contributed by atoms with Crippen molar-refractivity contribution in [2.75, 3.05) is 7.05 Å². The van der Waals surface area contributed by atoms with E-state index in [0.717, 1.165) is 29.2 Å². The third kappa shape index (κ3) is 7.41. The van der Waals surface area contributed by atoms with Crippen LogP contribution in [0, 0.1) is 0 Å². The summed E-state index contributed by atoms with van der Waals surface area (Å²) in [5.41, 5.74) is 3.67. The molecule has 0 amide bonds. The predicted molar refractivity (Wildman–Crippen MR) is 90.5 cm³/mol. The predicted octanol–water partition coefficient (Wildman–Crippen LogP) is 4.06. The summed E-state index contributed by atoms with van der Waals surface area (Å²) in [6, 6.07) is 0. The fourth-order valence-electron chi connectivity index (χ4n) is 1.29. The summed E-state index contributed by atoms with van der Waals surface area (Å²) >= 11 is 0. The number of hydrogen-bond acceptors (Lipinski definition) is 2. The summed E-state index contributed by atoms with van der Waals surface area (Å²) in [6.45, 7) is 15.9. The van der Waals surface area contributed by atoms with E-state index in [1.165, 1.54) is 0 Å². The maximum Gasteiger partial charge on any atom is 0.133 e. The standard InChI is InChI=1S/C17H27N3/c1-8-10-11-13(3)17(19-14(4)9-2)20-16(6)12-15(5)18-7/h8,10-12,18H,4,6,9H2,1-3,5,7H3,(H,19,20)/b10-8-,13-11+,15-12-. The number of hydrogen-bond donors (Lipinski definition) is 2. The Morgan fingerprint density at radius 1 is 1.25 bits per heavy atom. The molecule has 0 aromatic carbocycles. The van der Waals surface area contributed by atoms with Gasteiger partial charge in [0.05, 0.1) is 5.70 Å². The number of nitrogens with one attached hydrogen (secondary N) is 2. The number of rotatable bonds is 7. The van der Waals surface area contributed by atoms with E-state index < -0.39 is 0 Å². The minimum atomic E-state index is 0.691. The first-order valence-corrected chi connectivity index (χ1v) is 6.83. The number of allylic oxidation sites excluding steroid dienone is 6. The van der Waals surface area contributed by atoms with Crippen LogP contribution in [-0.4, -0.2) is 12.9 Å². The van der Waals surface area contributed by atoms with Gasteiger partial charge in [0, 0.05) is 18.4 Å². The highest BCUT2D eigenvalue weighted by molar-refractivity contribution is 5.99. The Bertz CT molecular complexity index is 463. The molecule has 110 valence electrons. The number of aliphatic imine (C=N–C) groups is 1. The van der Waals surface area contributed by atoms with Gasteiger partial charge in [-0.25, -0.2) is 4.99 Å². The Labute approximate surface area is 123 Å². The van der Waals surface area contributed by atoms with Crippen LogP contribution >= 0.6 is 0 Å². The van der Waals surface area contributed by atoms with Gasteiger partial charge in [-0.15, -0.1) is 0 Å². The SMILES string of the molecule is C=C(/C=C(/C)NC)N=C(NC(=C)CC)/C(C)=C/C=C\C. The van der Waals surface area contributed by atoms with Crippen LogP contribution in [0.2, 0.25) is 0 Å². The quantitative estimate of drug-likeness (QED) is 0.417. The van der Waals surface area contributed by atoms with Crippen LogP contribution in [0.4, 0.5) is 0 Å². The molecule has 0 rings (SSSR count). The molecule has 0 radical (unpaired) electrons. The van der Waals surface area contributed by atoms with Gasteiger partial charge >= 0.3 is 0 Å². The van der Waals surface area contributed by atoms with Crippen LogP contribution in [0.25, 0.3) is 0 Å². The van der Waals surface area contributed by atoms with Gasteiger partial charge in [0.15, 0.2) is 0 Å². The minimum absolute atomic E-state index is 0.691. The Morgan fingerprint density at radius 2 is 1.90 bits per heavy atom. The largest absolute Gasteiger partial charge is 0.392 e. The Hall–Kier alpha value is -2.03. The normalized spacial score (nSPS) is 13.6. The minimum Gasteiger partial charge on any atom is -0.392 e. The van der Waals surface area contributed by atoms with Gasteiger partial charge in [-0.2, -0.15) is 0 Å². The third-order valence-corrected chi connectivity index (χ3v) is 2.67.